The quantitative estimate of drug-likeness (QED) is 0.760. The van der Waals surface area contributed by atoms with E-state index in [0.717, 1.165) is 12.1 Å². The molecule has 1 rings (SSSR count). The third kappa shape index (κ3) is 4.60. The van der Waals surface area contributed by atoms with Crippen LogP contribution in [0, 0.1) is 5.82 Å². The largest absolute Gasteiger partial charge is 0.380 e. The van der Waals surface area contributed by atoms with E-state index in [2.05, 4.69) is 5.32 Å². The van der Waals surface area contributed by atoms with Gasteiger partial charge in [0.15, 0.2) is 0 Å². The molecule has 0 aliphatic heterocycles. The van der Waals surface area contributed by atoms with E-state index in [-0.39, 0.29) is 5.82 Å². The van der Waals surface area contributed by atoms with E-state index in [9.17, 15) is 4.39 Å². The van der Waals surface area contributed by atoms with Crippen LogP contribution >= 0.6 is 11.6 Å². The van der Waals surface area contributed by atoms with Gasteiger partial charge >= 0.3 is 0 Å². The second-order valence-corrected chi connectivity index (χ2v) is 3.52. The van der Waals surface area contributed by atoms with Gasteiger partial charge in [-0.1, -0.05) is 11.6 Å². The number of benzene rings is 1. The Labute approximate surface area is 94.4 Å². The molecule has 1 aromatic rings. The third-order valence-electron chi connectivity index (χ3n) is 1.95. The summed E-state index contributed by atoms with van der Waals surface area (Å²) in [5.74, 6) is -0.263. The van der Waals surface area contributed by atoms with Crippen LogP contribution < -0.4 is 5.32 Å². The molecule has 2 nitrogen and oxygen atoms in total. The zero-order valence-corrected chi connectivity index (χ0v) is 9.48. The summed E-state index contributed by atoms with van der Waals surface area (Å²) in [5.41, 5.74) is 0.771. The highest BCUT2D eigenvalue weighted by molar-refractivity contribution is 6.31. The van der Waals surface area contributed by atoms with E-state index in [1.165, 1.54) is 12.1 Å². The highest BCUT2D eigenvalue weighted by atomic mass is 35.5. The highest BCUT2D eigenvalue weighted by Crippen LogP contribution is 2.16. The first-order valence-corrected chi connectivity index (χ1v) is 5.34. The third-order valence-corrected chi connectivity index (χ3v) is 2.32. The van der Waals surface area contributed by atoms with Crippen LogP contribution in [0.1, 0.15) is 12.5 Å². The van der Waals surface area contributed by atoms with Gasteiger partial charge in [0.05, 0.1) is 6.61 Å². The van der Waals surface area contributed by atoms with Crippen molar-refractivity contribution in [2.45, 2.75) is 13.5 Å². The summed E-state index contributed by atoms with van der Waals surface area (Å²) >= 11 is 5.90. The van der Waals surface area contributed by atoms with Crippen LogP contribution in [-0.4, -0.2) is 19.8 Å². The van der Waals surface area contributed by atoms with Crippen LogP contribution in [0.15, 0.2) is 18.2 Å². The Hall–Kier alpha value is -0.640. The van der Waals surface area contributed by atoms with Crippen LogP contribution in [-0.2, 0) is 11.3 Å². The topological polar surface area (TPSA) is 21.3 Å². The lowest BCUT2D eigenvalue weighted by atomic mass is 10.2. The molecule has 0 unspecified atom stereocenters. The SMILES string of the molecule is CCOCCNCc1cc(F)ccc1Cl. The maximum absolute atomic E-state index is 12.9. The van der Waals surface area contributed by atoms with Crippen molar-refractivity contribution in [2.24, 2.45) is 0 Å². The molecule has 84 valence electrons. The van der Waals surface area contributed by atoms with Crippen molar-refractivity contribution in [1.29, 1.82) is 0 Å². The van der Waals surface area contributed by atoms with E-state index < -0.39 is 0 Å². The Bertz CT molecular complexity index is 307. The number of rotatable bonds is 6. The van der Waals surface area contributed by atoms with Gasteiger partial charge in [-0.15, -0.1) is 0 Å². The molecule has 0 aliphatic rings. The fourth-order valence-corrected chi connectivity index (χ4v) is 1.37. The molecule has 0 atom stereocenters. The van der Waals surface area contributed by atoms with E-state index in [1.54, 1.807) is 6.07 Å². The van der Waals surface area contributed by atoms with Crippen LogP contribution in [0.5, 0.6) is 0 Å². The van der Waals surface area contributed by atoms with Crippen molar-refractivity contribution in [1.82, 2.24) is 5.32 Å². The monoisotopic (exact) mass is 231 g/mol. The lowest BCUT2D eigenvalue weighted by molar-refractivity contribution is 0.149. The van der Waals surface area contributed by atoms with Crippen LogP contribution in [0.4, 0.5) is 4.39 Å². The number of hydrogen-bond acceptors (Lipinski definition) is 2. The zero-order valence-electron chi connectivity index (χ0n) is 8.72. The van der Waals surface area contributed by atoms with Gasteiger partial charge in [0.25, 0.3) is 0 Å². The van der Waals surface area contributed by atoms with Crippen LogP contribution in [0.25, 0.3) is 0 Å². The average molecular weight is 232 g/mol. The molecule has 0 heterocycles. The van der Waals surface area contributed by atoms with E-state index in [4.69, 9.17) is 16.3 Å². The van der Waals surface area contributed by atoms with Crippen molar-refractivity contribution < 1.29 is 9.13 Å². The molecule has 15 heavy (non-hydrogen) atoms. The first kappa shape index (κ1) is 12.4. The molecule has 1 aromatic carbocycles. The van der Waals surface area contributed by atoms with Crippen molar-refractivity contribution in [3.63, 3.8) is 0 Å². The molecule has 0 aromatic heterocycles. The van der Waals surface area contributed by atoms with E-state index >= 15 is 0 Å². The normalized spacial score (nSPS) is 10.6. The van der Waals surface area contributed by atoms with Crippen LogP contribution in [0.3, 0.4) is 0 Å². The maximum atomic E-state index is 12.9. The minimum atomic E-state index is -0.263. The van der Waals surface area contributed by atoms with Gasteiger partial charge in [-0.3, -0.25) is 0 Å². The highest BCUT2D eigenvalue weighted by Gasteiger charge is 2.01. The Morgan fingerprint density at radius 1 is 1.47 bits per heavy atom. The second kappa shape index (κ2) is 6.77. The molecular weight excluding hydrogens is 217 g/mol. The number of ether oxygens (including phenoxy) is 1. The predicted molar refractivity (Wildman–Crippen MR) is 59.6 cm³/mol. The van der Waals surface area contributed by atoms with Crippen molar-refractivity contribution >= 4 is 11.6 Å². The van der Waals surface area contributed by atoms with Crippen molar-refractivity contribution in [3.8, 4) is 0 Å². The summed E-state index contributed by atoms with van der Waals surface area (Å²) in [6.07, 6.45) is 0. The Kier molecular flexibility index (Phi) is 5.61. The van der Waals surface area contributed by atoms with E-state index in [0.29, 0.717) is 24.8 Å². The number of hydrogen-bond donors (Lipinski definition) is 1. The van der Waals surface area contributed by atoms with Gasteiger partial charge in [0.2, 0.25) is 0 Å². The molecule has 1 N–H and O–H groups in total. The summed E-state index contributed by atoms with van der Waals surface area (Å²) in [6.45, 7) is 4.61. The fourth-order valence-electron chi connectivity index (χ4n) is 1.19. The molecule has 0 fully saturated rings. The maximum Gasteiger partial charge on any atom is 0.123 e. The molecule has 0 aliphatic carbocycles. The second-order valence-electron chi connectivity index (χ2n) is 3.11. The average Bonchev–Trinajstić information content (AvgIpc) is 2.23. The zero-order chi connectivity index (χ0) is 11.1. The molecule has 4 heteroatoms. The Morgan fingerprint density at radius 2 is 2.27 bits per heavy atom. The summed E-state index contributed by atoms with van der Waals surface area (Å²) < 4.78 is 18.0. The van der Waals surface area contributed by atoms with Crippen LogP contribution in [0.2, 0.25) is 5.02 Å². The minimum absolute atomic E-state index is 0.263. The van der Waals surface area contributed by atoms with Crippen molar-refractivity contribution in [2.75, 3.05) is 19.8 Å². The van der Waals surface area contributed by atoms with Gasteiger partial charge in [0, 0.05) is 24.7 Å². The first-order chi connectivity index (χ1) is 7.24. The van der Waals surface area contributed by atoms with Crippen molar-refractivity contribution in [3.05, 3.63) is 34.6 Å². The summed E-state index contributed by atoms with van der Waals surface area (Å²) in [7, 11) is 0. The summed E-state index contributed by atoms with van der Waals surface area (Å²) in [5, 5.41) is 3.71. The Balaban J connectivity index is 2.33. The molecule has 0 saturated heterocycles. The summed E-state index contributed by atoms with van der Waals surface area (Å²) in [4.78, 5) is 0. The molecule has 0 spiro atoms. The predicted octanol–water partition coefficient (Wildman–Crippen LogP) is 2.61. The summed E-state index contributed by atoms with van der Waals surface area (Å²) in [6, 6.07) is 4.36. The van der Waals surface area contributed by atoms with Gasteiger partial charge in [-0.05, 0) is 30.7 Å². The first-order valence-electron chi connectivity index (χ1n) is 4.96. The Morgan fingerprint density at radius 3 is 3.00 bits per heavy atom. The molecule has 0 bridgehead atoms. The van der Waals surface area contributed by atoms with Gasteiger partial charge in [-0.25, -0.2) is 4.39 Å². The van der Waals surface area contributed by atoms with Gasteiger partial charge in [-0.2, -0.15) is 0 Å². The lowest BCUT2D eigenvalue weighted by Crippen LogP contribution is -2.19. The van der Waals surface area contributed by atoms with Gasteiger partial charge in [0.1, 0.15) is 5.82 Å². The van der Waals surface area contributed by atoms with E-state index in [1.807, 2.05) is 6.92 Å². The van der Waals surface area contributed by atoms with Gasteiger partial charge < -0.3 is 10.1 Å². The number of halogens is 2. The number of nitrogens with one attached hydrogen (secondary N) is 1. The smallest absolute Gasteiger partial charge is 0.123 e. The molecule has 0 radical (unpaired) electrons. The fraction of sp³-hybridized carbons (Fsp3) is 0.455. The standard InChI is InChI=1S/C11H15ClFNO/c1-2-15-6-5-14-8-9-7-10(13)3-4-11(9)12/h3-4,7,14H,2,5-6,8H2,1H3. The molecule has 0 amide bonds. The molecule has 0 saturated carbocycles. The lowest BCUT2D eigenvalue weighted by Gasteiger charge is -2.06. The molecular formula is C11H15ClFNO. The minimum Gasteiger partial charge on any atom is -0.380 e.